The Bertz CT molecular complexity index is 338. The lowest BCUT2D eigenvalue weighted by atomic mass is 10.0. The van der Waals surface area contributed by atoms with Gasteiger partial charge in [-0.05, 0) is 25.0 Å². The second kappa shape index (κ2) is 4.99. The molecule has 1 saturated heterocycles. The SMILES string of the molecule is COCCN1CCC(N)C1c1occc1C. The Labute approximate surface area is 96.4 Å². The standard InChI is InChI=1S/C12H20N2O2/c1-9-4-7-16-12(9)11-10(13)3-5-14(11)6-8-15-2/h4,7,10-11H,3,5-6,8,13H2,1-2H3. The number of nitrogens with two attached hydrogens (primary N) is 1. The molecule has 1 aliphatic rings. The summed E-state index contributed by atoms with van der Waals surface area (Å²) in [5, 5.41) is 0. The van der Waals surface area contributed by atoms with Crippen molar-refractivity contribution >= 4 is 0 Å². The van der Waals surface area contributed by atoms with Gasteiger partial charge in [-0.1, -0.05) is 0 Å². The molecule has 0 spiro atoms. The van der Waals surface area contributed by atoms with Crippen LogP contribution in [-0.2, 0) is 4.74 Å². The van der Waals surface area contributed by atoms with Crippen LogP contribution in [0.2, 0.25) is 0 Å². The van der Waals surface area contributed by atoms with Crippen LogP contribution in [0, 0.1) is 6.92 Å². The van der Waals surface area contributed by atoms with Gasteiger partial charge in [-0.2, -0.15) is 0 Å². The van der Waals surface area contributed by atoms with Crippen molar-refractivity contribution in [2.24, 2.45) is 5.73 Å². The maximum atomic E-state index is 6.16. The first-order chi connectivity index (χ1) is 7.74. The lowest BCUT2D eigenvalue weighted by molar-refractivity contribution is 0.131. The molecule has 2 rings (SSSR count). The van der Waals surface area contributed by atoms with E-state index in [1.807, 2.05) is 6.07 Å². The molecule has 90 valence electrons. The van der Waals surface area contributed by atoms with Crippen LogP contribution >= 0.6 is 0 Å². The van der Waals surface area contributed by atoms with Crippen molar-refractivity contribution < 1.29 is 9.15 Å². The third-order valence-electron chi connectivity index (χ3n) is 3.30. The number of methoxy groups -OCH3 is 1. The van der Waals surface area contributed by atoms with E-state index in [4.69, 9.17) is 14.9 Å². The highest BCUT2D eigenvalue weighted by molar-refractivity contribution is 5.21. The fraction of sp³-hybridized carbons (Fsp3) is 0.667. The molecule has 0 aromatic carbocycles. The molecule has 2 unspecified atom stereocenters. The van der Waals surface area contributed by atoms with Crippen molar-refractivity contribution in [1.29, 1.82) is 0 Å². The van der Waals surface area contributed by atoms with Gasteiger partial charge in [0.05, 0.1) is 18.9 Å². The van der Waals surface area contributed by atoms with E-state index in [0.717, 1.165) is 31.9 Å². The molecule has 1 fully saturated rings. The number of ether oxygens (including phenoxy) is 1. The first-order valence-electron chi connectivity index (χ1n) is 5.76. The molecule has 2 N–H and O–H groups in total. The maximum Gasteiger partial charge on any atom is 0.125 e. The van der Waals surface area contributed by atoms with Crippen molar-refractivity contribution in [2.45, 2.75) is 25.4 Å². The van der Waals surface area contributed by atoms with Gasteiger partial charge in [0, 0.05) is 26.2 Å². The molecule has 2 heterocycles. The van der Waals surface area contributed by atoms with Gasteiger partial charge in [0.15, 0.2) is 0 Å². The molecule has 16 heavy (non-hydrogen) atoms. The van der Waals surface area contributed by atoms with Crippen LogP contribution in [-0.4, -0.2) is 37.7 Å². The maximum absolute atomic E-state index is 6.16. The first kappa shape index (κ1) is 11.6. The smallest absolute Gasteiger partial charge is 0.125 e. The highest BCUT2D eigenvalue weighted by Crippen LogP contribution is 2.33. The zero-order valence-corrected chi connectivity index (χ0v) is 9.98. The number of hydrogen-bond acceptors (Lipinski definition) is 4. The van der Waals surface area contributed by atoms with E-state index in [1.54, 1.807) is 13.4 Å². The molecule has 1 aromatic rings. The number of likely N-dealkylation sites (tertiary alicyclic amines) is 1. The lowest BCUT2D eigenvalue weighted by Crippen LogP contribution is -2.33. The molecule has 4 nitrogen and oxygen atoms in total. The predicted octanol–water partition coefficient (Wildman–Crippen LogP) is 1.31. The quantitative estimate of drug-likeness (QED) is 0.837. The van der Waals surface area contributed by atoms with Crippen molar-refractivity contribution in [3.63, 3.8) is 0 Å². The highest BCUT2D eigenvalue weighted by Gasteiger charge is 2.35. The monoisotopic (exact) mass is 224 g/mol. The number of rotatable bonds is 4. The Hall–Kier alpha value is -0.840. The van der Waals surface area contributed by atoms with Gasteiger partial charge in [-0.3, -0.25) is 4.90 Å². The van der Waals surface area contributed by atoms with Crippen LogP contribution in [0.3, 0.4) is 0 Å². The topological polar surface area (TPSA) is 51.6 Å². The van der Waals surface area contributed by atoms with Crippen LogP contribution in [0.5, 0.6) is 0 Å². The van der Waals surface area contributed by atoms with E-state index in [-0.39, 0.29) is 12.1 Å². The van der Waals surface area contributed by atoms with Gasteiger partial charge in [0.1, 0.15) is 5.76 Å². The minimum Gasteiger partial charge on any atom is -0.467 e. The van der Waals surface area contributed by atoms with E-state index in [2.05, 4.69) is 11.8 Å². The summed E-state index contributed by atoms with van der Waals surface area (Å²) in [4.78, 5) is 2.35. The van der Waals surface area contributed by atoms with Crippen LogP contribution in [0.4, 0.5) is 0 Å². The van der Waals surface area contributed by atoms with Gasteiger partial charge in [0.25, 0.3) is 0 Å². The number of hydrogen-bond donors (Lipinski definition) is 1. The molecule has 2 atom stereocenters. The minimum absolute atomic E-state index is 0.168. The van der Waals surface area contributed by atoms with E-state index in [1.165, 1.54) is 5.56 Å². The van der Waals surface area contributed by atoms with E-state index >= 15 is 0 Å². The molecule has 1 aromatic heterocycles. The summed E-state index contributed by atoms with van der Waals surface area (Å²) < 4.78 is 10.7. The molecule has 0 radical (unpaired) electrons. The Balaban J connectivity index is 2.13. The Morgan fingerprint density at radius 2 is 2.44 bits per heavy atom. The van der Waals surface area contributed by atoms with Gasteiger partial charge in [-0.15, -0.1) is 0 Å². The largest absolute Gasteiger partial charge is 0.467 e. The lowest BCUT2D eigenvalue weighted by Gasteiger charge is -2.25. The fourth-order valence-corrected chi connectivity index (χ4v) is 2.39. The number of aryl methyl sites for hydroxylation is 1. The summed E-state index contributed by atoms with van der Waals surface area (Å²) in [6.07, 6.45) is 2.76. The Kier molecular flexibility index (Phi) is 3.63. The molecule has 0 saturated carbocycles. The van der Waals surface area contributed by atoms with Crippen LogP contribution in [0.15, 0.2) is 16.7 Å². The van der Waals surface area contributed by atoms with Gasteiger partial charge < -0.3 is 14.9 Å². The van der Waals surface area contributed by atoms with Gasteiger partial charge >= 0.3 is 0 Å². The summed E-state index contributed by atoms with van der Waals surface area (Å²) in [7, 11) is 1.73. The molecule has 0 amide bonds. The second-order valence-corrected chi connectivity index (χ2v) is 4.39. The number of nitrogens with zero attached hydrogens (tertiary/aromatic N) is 1. The summed E-state index contributed by atoms with van der Waals surface area (Å²) in [6.45, 7) is 4.74. The second-order valence-electron chi connectivity index (χ2n) is 4.39. The molecule has 0 aliphatic carbocycles. The van der Waals surface area contributed by atoms with Crippen LogP contribution in [0.1, 0.15) is 23.8 Å². The van der Waals surface area contributed by atoms with E-state index < -0.39 is 0 Å². The van der Waals surface area contributed by atoms with E-state index in [9.17, 15) is 0 Å². The van der Waals surface area contributed by atoms with Crippen molar-refractivity contribution in [1.82, 2.24) is 4.90 Å². The predicted molar refractivity (Wildman–Crippen MR) is 62.2 cm³/mol. The average molecular weight is 224 g/mol. The fourth-order valence-electron chi connectivity index (χ4n) is 2.39. The Morgan fingerprint density at radius 3 is 3.06 bits per heavy atom. The molecule has 0 bridgehead atoms. The zero-order chi connectivity index (χ0) is 11.5. The van der Waals surface area contributed by atoms with Crippen molar-refractivity contribution in [3.05, 3.63) is 23.7 Å². The molecule has 1 aliphatic heterocycles. The first-order valence-corrected chi connectivity index (χ1v) is 5.76. The zero-order valence-electron chi connectivity index (χ0n) is 9.98. The minimum atomic E-state index is 0.168. The number of furan rings is 1. The Morgan fingerprint density at radius 1 is 1.62 bits per heavy atom. The summed E-state index contributed by atoms with van der Waals surface area (Å²) in [5.74, 6) is 1.01. The highest BCUT2D eigenvalue weighted by atomic mass is 16.5. The van der Waals surface area contributed by atoms with E-state index in [0.29, 0.717) is 0 Å². The summed E-state index contributed by atoms with van der Waals surface area (Å²) in [5.41, 5.74) is 7.34. The van der Waals surface area contributed by atoms with Gasteiger partial charge in [0.2, 0.25) is 0 Å². The van der Waals surface area contributed by atoms with Crippen molar-refractivity contribution in [3.8, 4) is 0 Å². The summed E-state index contributed by atoms with van der Waals surface area (Å²) in [6, 6.07) is 2.38. The van der Waals surface area contributed by atoms with Crippen LogP contribution in [0.25, 0.3) is 0 Å². The normalized spacial score (nSPS) is 26.4. The third kappa shape index (κ3) is 2.14. The van der Waals surface area contributed by atoms with Crippen molar-refractivity contribution in [2.75, 3.05) is 26.8 Å². The molecule has 4 heteroatoms. The molecular weight excluding hydrogens is 204 g/mol. The average Bonchev–Trinajstić information content (AvgIpc) is 2.82. The molecular formula is C12H20N2O2. The summed E-state index contributed by atoms with van der Waals surface area (Å²) >= 11 is 0. The van der Waals surface area contributed by atoms with Gasteiger partial charge in [-0.25, -0.2) is 0 Å². The third-order valence-corrected chi connectivity index (χ3v) is 3.30. The van der Waals surface area contributed by atoms with Crippen LogP contribution < -0.4 is 5.73 Å².